The van der Waals surface area contributed by atoms with E-state index < -0.39 is 12.0 Å². The van der Waals surface area contributed by atoms with Crippen molar-refractivity contribution in [3.8, 4) is 0 Å². The molecule has 6 nitrogen and oxygen atoms in total. The molecule has 0 bridgehead atoms. The van der Waals surface area contributed by atoms with E-state index in [1.54, 1.807) is 0 Å². The van der Waals surface area contributed by atoms with Gasteiger partial charge in [0.05, 0.1) is 7.11 Å². The normalized spacial score (nSPS) is 19.5. The Labute approximate surface area is 74.9 Å². The predicted octanol–water partition coefficient (Wildman–Crippen LogP) is -0.861. The fraction of sp³-hybridized carbons (Fsp3) is 0.571. The highest BCUT2D eigenvalue weighted by Gasteiger charge is 2.26. The largest absolute Gasteiger partial charge is 0.480 e. The van der Waals surface area contributed by atoms with Crippen LogP contribution in [0.25, 0.3) is 0 Å². The number of nitrogens with one attached hydrogen (secondary N) is 1. The number of hydrogen-bond acceptors (Lipinski definition) is 4. The lowest BCUT2D eigenvalue weighted by molar-refractivity contribution is -0.140. The molecule has 6 heteroatoms. The SMILES string of the molecule is COC=O.O=C1CC[C@@H](C(=O)O)N1. The number of hydrogen-bond donors (Lipinski definition) is 2. The number of methoxy groups -OCH3 is 1. The van der Waals surface area contributed by atoms with Crippen LogP contribution in [0.2, 0.25) is 0 Å². The fourth-order valence-electron chi connectivity index (χ4n) is 0.799. The van der Waals surface area contributed by atoms with E-state index in [1.165, 1.54) is 7.11 Å². The van der Waals surface area contributed by atoms with Gasteiger partial charge in [0, 0.05) is 6.42 Å². The number of aliphatic carboxylic acids is 1. The molecule has 1 amide bonds. The monoisotopic (exact) mass is 189 g/mol. The lowest BCUT2D eigenvalue weighted by Gasteiger charge is -1.99. The van der Waals surface area contributed by atoms with E-state index in [0.717, 1.165) is 0 Å². The Morgan fingerprint density at radius 3 is 2.46 bits per heavy atom. The van der Waals surface area contributed by atoms with Crippen LogP contribution in [-0.4, -0.2) is 36.6 Å². The Morgan fingerprint density at radius 2 is 2.31 bits per heavy atom. The second-order valence-corrected chi connectivity index (χ2v) is 2.33. The average Bonchev–Trinajstić information content (AvgIpc) is 2.52. The minimum absolute atomic E-state index is 0.164. The van der Waals surface area contributed by atoms with Gasteiger partial charge in [0.1, 0.15) is 6.04 Å². The van der Waals surface area contributed by atoms with Gasteiger partial charge < -0.3 is 15.2 Å². The zero-order valence-corrected chi connectivity index (χ0v) is 7.15. The molecular weight excluding hydrogens is 178 g/mol. The van der Waals surface area contributed by atoms with Crippen LogP contribution in [0.15, 0.2) is 0 Å². The zero-order chi connectivity index (χ0) is 10.3. The molecule has 0 aliphatic carbocycles. The molecule has 1 aliphatic heterocycles. The maximum absolute atomic E-state index is 10.4. The van der Waals surface area contributed by atoms with Gasteiger partial charge in [-0.1, -0.05) is 0 Å². The molecular formula is C7H11NO5. The van der Waals surface area contributed by atoms with Crippen LogP contribution in [0.5, 0.6) is 0 Å². The number of carboxylic acids is 1. The maximum Gasteiger partial charge on any atom is 0.326 e. The van der Waals surface area contributed by atoms with Gasteiger partial charge in [-0.15, -0.1) is 0 Å². The van der Waals surface area contributed by atoms with E-state index in [0.29, 0.717) is 19.3 Å². The summed E-state index contributed by atoms with van der Waals surface area (Å²) in [4.78, 5) is 29.5. The molecule has 0 spiro atoms. The lowest BCUT2D eigenvalue weighted by atomic mass is 10.2. The minimum Gasteiger partial charge on any atom is -0.480 e. The lowest BCUT2D eigenvalue weighted by Crippen LogP contribution is -2.32. The molecule has 1 aliphatic rings. The van der Waals surface area contributed by atoms with Gasteiger partial charge >= 0.3 is 5.97 Å². The van der Waals surface area contributed by atoms with Crippen molar-refractivity contribution in [2.45, 2.75) is 18.9 Å². The van der Waals surface area contributed by atoms with E-state index in [1.807, 2.05) is 0 Å². The summed E-state index contributed by atoms with van der Waals surface area (Å²) in [6, 6.07) is -0.641. The second kappa shape index (κ2) is 5.99. The molecule has 0 radical (unpaired) electrons. The van der Waals surface area contributed by atoms with Crippen molar-refractivity contribution in [1.82, 2.24) is 5.32 Å². The molecule has 0 aromatic rings. The Balaban J connectivity index is 0.000000310. The van der Waals surface area contributed by atoms with Gasteiger partial charge in [-0.05, 0) is 6.42 Å². The highest BCUT2D eigenvalue weighted by Crippen LogP contribution is 2.05. The van der Waals surface area contributed by atoms with Crippen LogP contribution in [0.4, 0.5) is 0 Å². The predicted molar refractivity (Wildman–Crippen MR) is 41.9 cm³/mol. The van der Waals surface area contributed by atoms with Crippen molar-refractivity contribution in [3.63, 3.8) is 0 Å². The van der Waals surface area contributed by atoms with E-state index in [9.17, 15) is 9.59 Å². The standard InChI is InChI=1S/C5H7NO3.C2H4O2/c7-4-2-1-3(6-4)5(8)9;1-4-2-3/h3H,1-2H2,(H,6,7)(H,8,9);2H,1H3/t3-;/m0./s1. The number of carbonyl (C=O) groups excluding carboxylic acids is 2. The number of carboxylic acid groups (broad SMARTS) is 1. The van der Waals surface area contributed by atoms with Crippen LogP contribution in [0.3, 0.4) is 0 Å². The van der Waals surface area contributed by atoms with E-state index in [-0.39, 0.29) is 5.91 Å². The van der Waals surface area contributed by atoms with Crippen molar-refractivity contribution in [3.05, 3.63) is 0 Å². The highest BCUT2D eigenvalue weighted by atomic mass is 16.5. The molecule has 1 saturated heterocycles. The van der Waals surface area contributed by atoms with Crippen LogP contribution in [-0.2, 0) is 19.1 Å². The number of rotatable bonds is 2. The van der Waals surface area contributed by atoms with Crippen molar-refractivity contribution < 1.29 is 24.2 Å². The summed E-state index contributed by atoms with van der Waals surface area (Å²) in [5.74, 6) is -1.11. The second-order valence-electron chi connectivity index (χ2n) is 2.33. The van der Waals surface area contributed by atoms with Crippen LogP contribution < -0.4 is 5.32 Å². The van der Waals surface area contributed by atoms with Crippen LogP contribution in [0, 0.1) is 0 Å². The summed E-state index contributed by atoms with van der Waals surface area (Å²) < 4.78 is 3.86. The summed E-state index contributed by atoms with van der Waals surface area (Å²) in [7, 11) is 1.31. The Hall–Kier alpha value is -1.59. The summed E-state index contributed by atoms with van der Waals surface area (Å²) in [5, 5.41) is 10.6. The highest BCUT2D eigenvalue weighted by molar-refractivity contribution is 5.87. The first-order valence-corrected chi connectivity index (χ1v) is 3.60. The first kappa shape index (κ1) is 11.4. The van der Waals surface area contributed by atoms with E-state index >= 15 is 0 Å². The molecule has 0 saturated carbocycles. The third kappa shape index (κ3) is 4.78. The Bertz CT molecular complexity index is 203. The molecule has 2 N–H and O–H groups in total. The van der Waals surface area contributed by atoms with Gasteiger partial charge in [0.15, 0.2) is 0 Å². The molecule has 74 valence electrons. The van der Waals surface area contributed by atoms with Gasteiger partial charge in [0.25, 0.3) is 6.47 Å². The van der Waals surface area contributed by atoms with E-state index in [4.69, 9.17) is 9.90 Å². The molecule has 1 atom stereocenters. The minimum atomic E-state index is -0.944. The van der Waals surface area contributed by atoms with Crippen molar-refractivity contribution >= 4 is 18.3 Å². The van der Waals surface area contributed by atoms with Gasteiger partial charge in [-0.25, -0.2) is 4.79 Å². The zero-order valence-electron chi connectivity index (χ0n) is 7.15. The van der Waals surface area contributed by atoms with Crippen molar-refractivity contribution in [2.75, 3.05) is 7.11 Å². The first-order valence-electron chi connectivity index (χ1n) is 3.60. The van der Waals surface area contributed by atoms with Gasteiger partial charge in [0.2, 0.25) is 5.91 Å². The Kier molecular flexibility index (Phi) is 5.25. The summed E-state index contributed by atoms with van der Waals surface area (Å²) >= 11 is 0. The third-order valence-electron chi connectivity index (χ3n) is 1.39. The molecule has 13 heavy (non-hydrogen) atoms. The molecule has 1 fully saturated rings. The summed E-state index contributed by atoms with van der Waals surface area (Å²) in [6.45, 7) is 0.375. The Morgan fingerprint density at radius 1 is 1.77 bits per heavy atom. The van der Waals surface area contributed by atoms with Gasteiger partial charge in [-0.3, -0.25) is 9.59 Å². The third-order valence-corrected chi connectivity index (χ3v) is 1.39. The number of carbonyl (C=O) groups is 3. The fourth-order valence-corrected chi connectivity index (χ4v) is 0.799. The number of ether oxygens (including phenoxy) is 1. The molecule has 0 aromatic carbocycles. The molecule has 1 rings (SSSR count). The average molecular weight is 189 g/mol. The van der Waals surface area contributed by atoms with Crippen LogP contribution >= 0.6 is 0 Å². The molecule has 0 aromatic heterocycles. The number of amides is 1. The smallest absolute Gasteiger partial charge is 0.326 e. The quantitative estimate of drug-likeness (QED) is 0.551. The van der Waals surface area contributed by atoms with Gasteiger partial charge in [-0.2, -0.15) is 0 Å². The van der Waals surface area contributed by atoms with E-state index in [2.05, 4.69) is 10.1 Å². The first-order chi connectivity index (χ1) is 6.11. The molecule has 1 heterocycles. The summed E-state index contributed by atoms with van der Waals surface area (Å²) in [5.41, 5.74) is 0. The van der Waals surface area contributed by atoms with Crippen LogP contribution in [0.1, 0.15) is 12.8 Å². The molecule has 0 unspecified atom stereocenters. The van der Waals surface area contributed by atoms with Crippen molar-refractivity contribution in [1.29, 1.82) is 0 Å². The topological polar surface area (TPSA) is 92.7 Å². The maximum atomic E-state index is 10.4. The summed E-state index contributed by atoms with van der Waals surface area (Å²) in [6.07, 6.45) is 0.769. The van der Waals surface area contributed by atoms with Crippen molar-refractivity contribution in [2.24, 2.45) is 0 Å².